The number of Topliss-reactive ketones (excluding diaryl/α,β-unsaturated/α-hetero) is 1. The second-order valence-corrected chi connectivity index (χ2v) is 8.52. The molecule has 172 valence electrons. The molecule has 0 saturated heterocycles. The van der Waals surface area contributed by atoms with Gasteiger partial charge in [-0.05, 0) is 66.1 Å². The maximum absolute atomic E-state index is 13.7. The van der Waals surface area contributed by atoms with Crippen LogP contribution in [-0.2, 0) is 11.2 Å². The SMILES string of the molecule is C/C=C(/C(=O)C1COc2ccc(OC)cc2C1)c1ccc(-c2c[nH][nH]c2=O)cc1C(C)CC. The molecule has 1 aliphatic heterocycles. The first-order valence-electron chi connectivity index (χ1n) is 11.4. The van der Waals surface area contributed by atoms with E-state index in [1.54, 1.807) is 13.3 Å². The van der Waals surface area contributed by atoms with E-state index in [4.69, 9.17) is 9.47 Å². The van der Waals surface area contributed by atoms with Gasteiger partial charge < -0.3 is 14.6 Å². The van der Waals surface area contributed by atoms with Gasteiger partial charge in [0, 0.05) is 11.8 Å². The summed E-state index contributed by atoms with van der Waals surface area (Å²) in [5, 5.41) is 5.35. The minimum atomic E-state index is -0.271. The van der Waals surface area contributed by atoms with Gasteiger partial charge in [-0.25, -0.2) is 0 Å². The zero-order valence-corrected chi connectivity index (χ0v) is 19.5. The number of ether oxygens (including phenoxy) is 2. The summed E-state index contributed by atoms with van der Waals surface area (Å²) >= 11 is 0. The fraction of sp³-hybridized carbons (Fsp3) is 0.333. The van der Waals surface area contributed by atoms with Gasteiger partial charge in [0.05, 0.1) is 25.2 Å². The quantitative estimate of drug-likeness (QED) is 0.494. The minimum absolute atomic E-state index is 0.0720. The summed E-state index contributed by atoms with van der Waals surface area (Å²) in [4.78, 5) is 25.8. The lowest BCUT2D eigenvalue weighted by Crippen LogP contribution is -2.29. The van der Waals surface area contributed by atoms with Gasteiger partial charge in [0.2, 0.25) is 0 Å². The van der Waals surface area contributed by atoms with Crippen molar-refractivity contribution in [2.75, 3.05) is 13.7 Å². The van der Waals surface area contributed by atoms with Crippen molar-refractivity contribution in [3.05, 3.63) is 75.7 Å². The lowest BCUT2D eigenvalue weighted by Gasteiger charge is -2.26. The molecule has 2 N–H and O–H groups in total. The van der Waals surface area contributed by atoms with E-state index in [2.05, 4.69) is 24.0 Å². The summed E-state index contributed by atoms with van der Waals surface area (Å²) in [6.07, 6.45) is 5.10. The van der Waals surface area contributed by atoms with Gasteiger partial charge in [0.15, 0.2) is 5.78 Å². The fourth-order valence-electron chi connectivity index (χ4n) is 4.44. The molecule has 2 aromatic carbocycles. The van der Waals surface area contributed by atoms with E-state index in [0.717, 1.165) is 40.2 Å². The fourth-order valence-corrected chi connectivity index (χ4v) is 4.44. The van der Waals surface area contributed by atoms with Gasteiger partial charge in [0.1, 0.15) is 11.5 Å². The average molecular weight is 447 g/mol. The number of carbonyl (C=O) groups excluding carboxylic acids is 1. The molecule has 1 aliphatic rings. The average Bonchev–Trinajstić information content (AvgIpc) is 3.29. The van der Waals surface area contributed by atoms with Crippen LogP contribution in [0, 0.1) is 5.92 Å². The second-order valence-electron chi connectivity index (χ2n) is 8.52. The zero-order valence-electron chi connectivity index (χ0n) is 19.5. The van der Waals surface area contributed by atoms with Crippen LogP contribution in [0.4, 0.5) is 0 Å². The van der Waals surface area contributed by atoms with Crippen molar-refractivity contribution in [3.8, 4) is 22.6 Å². The Labute approximate surface area is 193 Å². The van der Waals surface area contributed by atoms with Gasteiger partial charge in [-0.15, -0.1) is 0 Å². The molecule has 2 atom stereocenters. The van der Waals surface area contributed by atoms with E-state index >= 15 is 0 Å². The largest absolute Gasteiger partial charge is 0.497 e. The minimum Gasteiger partial charge on any atom is -0.497 e. The topological polar surface area (TPSA) is 84.2 Å². The Morgan fingerprint density at radius 2 is 2.09 bits per heavy atom. The Bertz CT molecular complexity index is 1250. The highest BCUT2D eigenvalue weighted by Crippen LogP contribution is 2.36. The number of ketones is 1. The first kappa shape index (κ1) is 22.6. The molecule has 0 bridgehead atoms. The molecule has 0 spiro atoms. The molecule has 2 heterocycles. The van der Waals surface area contributed by atoms with Gasteiger partial charge in [0.25, 0.3) is 5.56 Å². The van der Waals surface area contributed by atoms with Crippen LogP contribution >= 0.6 is 0 Å². The zero-order chi connectivity index (χ0) is 23.5. The van der Waals surface area contributed by atoms with Crippen molar-refractivity contribution in [3.63, 3.8) is 0 Å². The Hall–Kier alpha value is -3.54. The van der Waals surface area contributed by atoms with Crippen molar-refractivity contribution >= 4 is 11.4 Å². The van der Waals surface area contributed by atoms with E-state index in [1.165, 1.54) is 0 Å². The highest BCUT2D eigenvalue weighted by molar-refractivity contribution is 6.22. The summed E-state index contributed by atoms with van der Waals surface area (Å²) < 4.78 is 11.3. The van der Waals surface area contributed by atoms with E-state index in [9.17, 15) is 9.59 Å². The van der Waals surface area contributed by atoms with Crippen LogP contribution in [0.5, 0.6) is 11.5 Å². The Morgan fingerprint density at radius 3 is 2.76 bits per heavy atom. The molecule has 0 aliphatic carbocycles. The van der Waals surface area contributed by atoms with Crippen molar-refractivity contribution in [2.24, 2.45) is 5.92 Å². The van der Waals surface area contributed by atoms with Crippen molar-refractivity contribution < 1.29 is 14.3 Å². The maximum Gasteiger partial charge on any atom is 0.271 e. The van der Waals surface area contributed by atoms with Crippen LogP contribution in [0.3, 0.4) is 0 Å². The summed E-state index contributed by atoms with van der Waals surface area (Å²) in [6, 6.07) is 11.6. The number of rotatable bonds is 7. The van der Waals surface area contributed by atoms with Crippen LogP contribution in [-0.4, -0.2) is 29.7 Å². The lowest BCUT2D eigenvalue weighted by molar-refractivity contribution is -0.118. The van der Waals surface area contributed by atoms with Crippen LogP contribution in [0.15, 0.2) is 53.5 Å². The molecule has 33 heavy (non-hydrogen) atoms. The number of hydrogen-bond donors (Lipinski definition) is 2. The van der Waals surface area contributed by atoms with Crippen LogP contribution in [0.2, 0.25) is 0 Å². The first-order valence-corrected chi connectivity index (χ1v) is 11.4. The smallest absolute Gasteiger partial charge is 0.271 e. The van der Waals surface area contributed by atoms with Crippen molar-refractivity contribution in [2.45, 2.75) is 39.5 Å². The van der Waals surface area contributed by atoms with Crippen LogP contribution in [0.1, 0.15) is 49.8 Å². The van der Waals surface area contributed by atoms with E-state index in [1.807, 2.05) is 49.4 Å². The number of methoxy groups -OCH3 is 1. The molecular formula is C27H30N2O4. The van der Waals surface area contributed by atoms with Gasteiger partial charge in [-0.2, -0.15) is 0 Å². The Morgan fingerprint density at radius 1 is 1.27 bits per heavy atom. The van der Waals surface area contributed by atoms with Crippen LogP contribution < -0.4 is 15.0 Å². The molecule has 0 fully saturated rings. The third-order valence-electron chi connectivity index (χ3n) is 6.54. The summed E-state index contributed by atoms with van der Waals surface area (Å²) in [5.74, 6) is 1.60. The molecule has 0 saturated carbocycles. The molecule has 4 rings (SSSR count). The van der Waals surface area contributed by atoms with Gasteiger partial charge >= 0.3 is 0 Å². The van der Waals surface area contributed by atoms with E-state index < -0.39 is 0 Å². The van der Waals surface area contributed by atoms with Gasteiger partial charge in [-0.3, -0.25) is 14.7 Å². The summed E-state index contributed by atoms with van der Waals surface area (Å²) in [5.41, 5.74) is 4.93. The number of nitrogens with one attached hydrogen (secondary N) is 2. The number of carbonyl (C=O) groups is 1. The number of hydrogen-bond acceptors (Lipinski definition) is 4. The monoisotopic (exact) mass is 446 g/mol. The summed E-state index contributed by atoms with van der Waals surface area (Å²) in [6.45, 7) is 6.53. The predicted octanol–water partition coefficient (Wildman–Crippen LogP) is 5.12. The highest BCUT2D eigenvalue weighted by atomic mass is 16.5. The summed E-state index contributed by atoms with van der Waals surface area (Å²) in [7, 11) is 1.63. The Kier molecular flexibility index (Phi) is 6.54. The molecule has 6 nitrogen and oxygen atoms in total. The third kappa shape index (κ3) is 4.38. The molecule has 3 aromatic rings. The Balaban J connectivity index is 1.69. The first-order chi connectivity index (χ1) is 16.0. The molecular weight excluding hydrogens is 416 g/mol. The predicted molar refractivity (Wildman–Crippen MR) is 130 cm³/mol. The standard InChI is InChI=1S/C27H30N2O4/c1-5-16(3)23-13-17(24-14-28-29-27(24)31)7-9-22(23)21(6-2)26(30)19-11-18-12-20(32-4)8-10-25(18)33-15-19/h6-10,12-14,16,19H,5,11,15H2,1-4H3,(H2,28,29,31)/b21-6+. The third-order valence-corrected chi connectivity index (χ3v) is 6.54. The second kappa shape index (κ2) is 9.53. The molecule has 1 aromatic heterocycles. The van der Waals surface area contributed by atoms with Crippen molar-refractivity contribution in [1.29, 1.82) is 0 Å². The molecule has 6 heteroatoms. The number of fused-ring (bicyclic) bond motifs is 1. The molecule has 2 unspecified atom stereocenters. The number of allylic oxidation sites excluding steroid dienone is 2. The molecule has 0 radical (unpaired) electrons. The number of aromatic amines is 2. The van der Waals surface area contributed by atoms with Crippen molar-refractivity contribution in [1.82, 2.24) is 10.2 Å². The maximum atomic E-state index is 13.7. The number of benzene rings is 2. The lowest BCUT2D eigenvalue weighted by atomic mass is 9.82. The highest BCUT2D eigenvalue weighted by Gasteiger charge is 2.30. The van der Waals surface area contributed by atoms with Gasteiger partial charge in [-0.1, -0.05) is 38.1 Å². The van der Waals surface area contributed by atoms with E-state index in [-0.39, 0.29) is 23.2 Å². The van der Waals surface area contributed by atoms with E-state index in [0.29, 0.717) is 24.2 Å². The number of H-pyrrole nitrogens is 2. The van der Waals surface area contributed by atoms with Crippen LogP contribution in [0.25, 0.3) is 16.7 Å². The molecule has 0 amide bonds. The number of aromatic nitrogens is 2. The normalized spacial score (nSPS) is 16.6.